The molecule has 0 aromatic carbocycles. The zero-order valence-corrected chi connectivity index (χ0v) is 5.68. The monoisotopic (exact) mass is 141 g/mol. The van der Waals surface area contributed by atoms with Gasteiger partial charge in [-0.25, -0.2) is 0 Å². The molecule has 0 saturated carbocycles. The van der Waals surface area contributed by atoms with E-state index in [9.17, 15) is 0 Å². The van der Waals surface area contributed by atoms with Gasteiger partial charge in [0.2, 0.25) is 0 Å². The lowest BCUT2D eigenvalue weighted by Gasteiger charge is -1.81. The van der Waals surface area contributed by atoms with Gasteiger partial charge in [-0.15, -0.1) is 0 Å². The van der Waals surface area contributed by atoms with Gasteiger partial charge in [-0.1, -0.05) is 13.8 Å². The van der Waals surface area contributed by atoms with Crippen molar-refractivity contribution in [3.8, 4) is 0 Å². The SMILES string of the molecule is CC(C)N.O=S(O)O. The highest BCUT2D eigenvalue weighted by molar-refractivity contribution is 7.73. The largest absolute Gasteiger partial charge is 0.328 e. The van der Waals surface area contributed by atoms with E-state index >= 15 is 0 Å². The smallest absolute Gasteiger partial charge is 0.299 e. The highest BCUT2D eigenvalue weighted by Gasteiger charge is 1.67. The highest BCUT2D eigenvalue weighted by atomic mass is 32.2. The molecule has 0 aromatic rings. The molecule has 0 rings (SSSR count). The van der Waals surface area contributed by atoms with E-state index in [1.165, 1.54) is 0 Å². The van der Waals surface area contributed by atoms with Gasteiger partial charge in [0.1, 0.15) is 0 Å². The molecule has 0 aromatic heterocycles. The lowest BCUT2D eigenvalue weighted by atomic mass is 10.5. The predicted octanol–water partition coefficient (Wildman–Crippen LogP) is 0.0346. The third-order valence-electron chi connectivity index (χ3n) is 0. The molecule has 52 valence electrons. The fourth-order valence-corrected chi connectivity index (χ4v) is 0. The average molecular weight is 141 g/mol. The van der Waals surface area contributed by atoms with Crippen molar-refractivity contribution in [1.82, 2.24) is 0 Å². The van der Waals surface area contributed by atoms with Gasteiger partial charge in [-0.05, 0) is 6.04 Å². The molecule has 0 bridgehead atoms. The first-order valence-electron chi connectivity index (χ1n) is 2.02. The number of hydrogen-bond acceptors (Lipinski definition) is 2. The molecule has 0 aliphatic rings. The molecule has 0 amide bonds. The Bertz CT molecular complexity index is 58.8. The highest BCUT2D eigenvalue weighted by Crippen LogP contribution is 1.58. The summed E-state index contributed by atoms with van der Waals surface area (Å²) in [4.78, 5) is 0. The summed E-state index contributed by atoms with van der Waals surface area (Å²) in [6.45, 7) is 3.89. The molecule has 8 heavy (non-hydrogen) atoms. The maximum atomic E-state index is 8.67. The van der Waals surface area contributed by atoms with Gasteiger partial charge >= 0.3 is 0 Å². The maximum Gasteiger partial charge on any atom is 0.299 e. The molecule has 0 fully saturated rings. The molecule has 0 radical (unpaired) electrons. The first-order valence-corrected chi connectivity index (χ1v) is 3.08. The summed E-state index contributed by atoms with van der Waals surface area (Å²) >= 11 is -2.61. The van der Waals surface area contributed by atoms with E-state index in [4.69, 9.17) is 19.0 Å². The van der Waals surface area contributed by atoms with Crippen molar-refractivity contribution < 1.29 is 13.3 Å². The van der Waals surface area contributed by atoms with Crippen LogP contribution in [0.3, 0.4) is 0 Å². The van der Waals surface area contributed by atoms with Crippen molar-refractivity contribution >= 4 is 11.4 Å². The number of nitrogens with two attached hydrogens (primary N) is 1. The van der Waals surface area contributed by atoms with Crippen molar-refractivity contribution in [2.75, 3.05) is 0 Å². The topological polar surface area (TPSA) is 83.6 Å². The second-order valence-electron chi connectivity index (χ2n) is 1.47. The van der Waals surface area contributed by atoms with Gasteiger partial charge in [0, 0.05) is 0 Å². The Morgan fingerprint density at radius 3 is 1.50 bits per heavy atom. The van der Waals surface area contributed by atoms with Gasteiger partial charge in [0.25, 0.3) is 11.4 Å². The third-order valence-corrected chi connectivity index (χ3v) is 0. The van der Waals surface area contributed by atoms with E-state index in [-0.39, 0.29) is 0 Å². The molecule has 4 N–H and O–H groups in total. The zero-order valence-electron chi connectivity index (χ0n) is 4.87. The summed E-state index contributed by atoms with van der Waals surface area (Å²) in [5.74, 6) is 0. The van der Waals surface area contributed by atoms with E-state index in [0.717, 1.165) is 0 Å². The summed E-state index contributed by atoms with van der Waals surface area (Å²) in [6, 6.07) is 0.333. The van der Waals surface area contributed by atoms with Crippen LogP contribution < -0.4 is 5.73 Å². The van der Waals surface area contributed by atoms with Crippen molar-refractivity contribution in [2.45, 2.75) is 19.9 Å². The standard InChI is InChI=1S/C3H9N.H2O3S/c1-3(2)4;1-4(2)3/h3H,4H2,1-2H3;(H2,1,2,3). The Morgan fingerprint density at radius 2 is 1.50 bits per heavy atom. The molecule has 0 spiro atoms. The summed E-state index contributed by atoms with van der Waals surface area (Å²) in [5, 5.41) is 0. The van der Waals surface area contributed by atoms with Crippen LogP contribution in [0.15, 0.2) is 0 Å². The molecular formula is C3H11NO3S. The van der Waals surface area contributed by atoms with E-state index in [1.807, 2.05) is 13.8 Å². The zero-order chi connectivity index (χ0) is 7.15. The number of rotatable bonds is 0. The lowest BCUT2D eigenvalue weighted by Crippen LogP contribution is -2.06. The molecular weight excluding hydrogens is 130 g/mol. The van der Waals surface area contributed by atoms with Crippen LogP contribution >= 0.6 is 0 Å². The molecule has 0 heterocycles. The van der Waals surface area contributed by atoms with Crippen LogP contribution in [0.4, 0.5) is 0 Å². The average Bonchev–Trinajstić information content (AvgIpc) is 1.25. The Balaban J connectivity index is 0. The van der Waals surface area contributed by atoms with Gasteiger partial charge < -0.3 is 5.73 Å². The second-order valence-corrected chi connectivity index (χ2v) is 1.94. The quantitative estimate of drug-likeness (QED) is 0.416. The normalized spacial score (nSPS) is 8.88. The Labute approximate surface area is 51.2 Å². The molecule has 5 heteroatoms. The fraction of sp³-hybridized carbons (Fsp3) is 1.00. The van der Waals surface area contributed by atoms with Crippen LogP contribution in [0.2, 0.25) is 0 Å². The Kier molecular flexibility index (Phi) is 9.59. The third kappa shape index (κ3) is 170000. The lowest BCUT2D eigenvalue weighted by molar-refractivity contribution is 0.454. The van der Waals surface area contributed by atoms with E-state index < -0.39 is 11.4 Å². The van der Waals surface area contributed by atoms with E-state index in [1.54, 1.807) is 0 Å². The fourth-order valence-electron chi connectivity index (χ4n) is 0. The van der Waals surface area contributed by atoms with E-state index in [0.29, 0.717) is 6.04 Å². The maximum absolute atomic E-state index is 8.67. The molecule has 0 unspecified atom stereocenters. The van der Waals surface area contributed by atoms with Gasteiger partial charge in [0.05, 0.1) is 0 Å². The molecule has 4 nitrogen and oxygen atoms in total. The van der Waals surface area contributed by atoms with Crippen LogP contribution in [0, 0.1) is 0 Å². The first-order chi connectivity index (χ1) is 3.46. The number of hydrogen-bond donors (Lipinski definition) is 3. The minimum Gasteiger partial charge on any atom is -0.328 e. The second kappa shape index (κ2) is 7.03. The van der Waals surface area contributed by atoms with Gasteiger partial charge in [0.15, 0.2) is 0 Å². The summed E-state index contributed by atoms with van der Waals surface area (Å²) in [6.07, 6.45) is 0. The molecule has 0 aliphatic heterocycles. The van der Waals surface area contributed by atoms with Crippen molar-refractivity contribution in [3.63, 3.8) is 0 Å². The van der Waals surface area contributed by atoms with Crippen LogP contribution in [-0.2, 0) is 11.4 Å². The Hall–Kier alpha value is 0.0300. The van der Waals surface area contributed by atoms with Crippen LogP contribution in [0.5, 0.6) is 0 Å². The minimum absolute atomic E-state index is 0.333. The summed E-state index contributed by atoms with van der Waals surface area (Å²) < 4.78 is 22.8. The van der Waals surface area contributed by atoms with Crippen molar-refractivity contribution in [3.05, 3.63) is 0 Å². The molecule has 0 saturated heterocycles. The van der Waals surface area contributed by atoms with Crippen molar-refractivity contribution in [2.24, 2.45) is 5.73 Å². The predicted molar refractivity (Wildman–Crippen MR) is 32.7 cm³/mol. The van der Waals surface area contributed by atoms with Crippen LogP contribution in [0.1, 0.15) is 13.8 Å². The molecule has 0 aliphatic carbocycles. The van der Waals surface area contributed by atoms with Crippen LogP contribution in [-0.4, -0.2) is 19.4 Å². The minimum atomic E-state index is -2.61. The van der Waals surface area contributed by atoms with E-state index in [2.05, 4.69) is 0 Å². The first kappa shape index (κ1) is 10.9. The van der Waals surface area contributed by atoms with Crippen molar-refractivity contribution in [1.29, 1.82) is 0 Å². The van der Waals surface area contributed by atoms with Crippen LogP contribution in [0.25, 0.3) is 0 Å². The molecule has 0 atom stereocenters. The van der Waals surface area contributed by atoms with Gasteiger partial charge in [-0.2, -0.15) is 4.21 Å². The Morgan fingerprint density at radius 1 is 1.50 bits per heavy atom. The van der Waals surface area contributed by atoms with Gasteiger partial charge in [-0.3, -0.25) is 9.11 Å². The summed E-state index contributed by atoms with van der Waals surface area (Å²) in [5.41, 5.74) is 5.11. The summed E-state index contributed by atoms with van der Waals surface area (Å²) in [7, 11) is 0.